The number of carbonyl (C=O) groups excluding carboxylic acids is 1. The van der Waals surface area contributed by atoms with Gasteiger partial charge >= 0.3 is 0 Å². The van der Waals surface area contributed by atoms with Crippen molar-refractivity contribution in [3.63, 3.8) is 0 Å². The fourth-order valence-electron chi connectivity index (χ4n) is 2.80. The number of hydrogen-bond acceptors (Lipinski definition) is 4. The molecule has 6 nitrogen and oxygen atoms in total. The van der Waals surface area contributed by atoms with Gasteiger partial charge in [-0.2, -0.15) is 0 Å². The molecular formula is C20H16ClN5O. The van der Waals surface area contributed by atoms with Crippen molar-refractivity contribution in [2.75, 3.05) is 6.54 Å². The van der Waals surface area contributed by atoms with E-state index in [2.05, 4.69) is 25.3 Å². The van der Waals surface area contributed by atoms with Crippen LogP contribution in [0.25, 0.3) is 22.6 Å². The highest BCUT2D eigenvalue weighted by Gasteiger charge is 2.15. The largest absolute Gasteiger partial charge is 0.352 e. The Balaban J connectivity index is 1.54. The molecule has 0 unspecified atom stereocenters. The number of nitrogens with one attached hydrogen (secondary N) is 2. The van der Waals surface area contributed by atoms with E-state index in [-0.39, 0.29) is 5.91 Å². The van der Waals surface area contributed by atoms with Gasteiger partial charge < -0.3 is 10.3 Å². The highest BCUT2D eigenvalue weighted by molar-refractivity contribution is 6.30. The third-order valence-electron chi connectivity index (χ3n) is 4.20. The molecule has 0 aliphatic rings. The lowest BCUT2D eigenvalue weighted by Gasteiger charge is -2.05. The average Bonchev–Trinajstić information content (AvgIpc) is 3.13. The van der Waals surface area contributed by atoms with Crippen LogP contribution >= 0.6 is 11.6 Å². The number of benzene rings is 1. The number of H-pyrrole nitrogens is 1. The van der Waals surface area contributed by atoms with E-state index in [1.54, 1.807) is 36.8 Å². The van der Waals surface area contributed by atoms with Crippen LogP contribution in [0, 0.1) is 0 Å². The first-order chi connectivity index (χ1) is 13.2. The Hall–Kier alpha value is -3.25. The molecule has 0 aliphatic carbocycles. The highest BCUT2D eigenvalue weighted by atomic mass is 35.5. The summed E-state index contributed by atoms with van der Waals surface area (Å²) in [5.74, 6) is 0.469. The van der Waals surface area contributed by atoms with Crippen LogP contribution in [0.5, 0.6) is 0 Å². The maximum atomic E-state index is 12.6. The van der Waals surface area contributed by atoms with Crippen molar-refractivity contribution >= 4 is 28.7 Å². The van der Waals surface area contributed by atoms with E-state index < -0.39 is 0 Å². The Labute approximate surface area is 160 Å². The molecule has 2 N–H and O–H groups in total. The van der Waals surface area contributed by atoms with Gasteiger partial charge in [-0.25, -0.2) is 9.97 Å². The summed E-state index contributed by atoms with van der Waals surface area (Å²) in [6.07, 6.45) is 5.82. The van der Waals surface area contributed by atoms with E-state index in [0.717, 1.165) is 17.5 Å². The van der Waals surface area contributed by atoms with Crippen LogP contribution < -0.4 is 5.32 Å². The quantitative estimate of drug-likeness (QED) is 0.556. The molecule has 4 aromatic rings. The van der Waals surface area contributed by atoms with Crippen molar-refractivity contribution in [2.45, 2.75) is 6.42 Å². The summed E-state index contributed by atoms with van der Waals surface area (Å²) < 4.78 is 0. The number of aromatic nitrogens is 4. The van der Waals surface area contributed by atoms with E-state index >= 15 is 0 Å². The summed E-state index contributed by atoms with van der Waals surface area (Å²) >= 11 is 5.94. The Bertz CT molecular complexity index is 1080. The number of pyridine rings is 2. The van der Waals surface area contributed by atoms with Gasteiger partial charge in [0.2, 0.25) is 0 Å². The summed E-state index contributed by atoms with van der Waals surface area (Å²) in [5, 5.41) is 3.59. The number of imidazole rings is 1. The fraction of sp³-hybridized carbons (Fsp3) is 0.100. The summed E-state index contributed by atoms with van der Waals surface area (Å²) in [6.45, 7) is 0.529. The molecule has 0 spiro atoms. The molecule has 7 heteroatoms. The van der Waals surface area contributed by atoms with Gasteiger partial charge in [0.05, 0.1) is 5.56 Å². The molecule has 0 atom stereocenters. The molecule has 0 bridgehead atoms. The van der Waals surface area contributed by atoms with Gasteiger partial charge in [0, 0.05) is 35.7 Å². The minimum atomic E-state index is -0.175. The van der Waals surface area contributed by atoms with Crippen LogP contribution in [-0.2, 0) is 6.42 Å². The summed E-state index contributed by atoms with van der Waals surface area (Å²) in [7, 11) is 0. The molecule has 0 radical (unpaired) electrons. The van der Waals surface area contributed by atoms with Gasteiger partial charge in [0.15, 0.2) is 5.65 Å². The van der Waals surface area contributed by atoms with Crippen molar-refractivity contribution in [1.29, 1.82) is 0 Å². The number of nitrogens with zero attached hydrogens (tertiary/aromatic N) is 3. The number of carbonyl (C=O) groups is 1. The Morgan fingerprint density at radius 1 is 1.04 bits per heavy atom. The second-order valence-corrected chi connectivity index (χ2v) is 6.45. The predicted octanol–water partition coefficient (Wildman–Crippen LogP) is 3.65. The zero-order chi connectivity index (χ0) is 18.6. The third kappa shape index (κ3) is 3.80. The van der Waals surface area contributed by atoms with E-state index in [9.17, 15) is 4.79 Å². The van der Waals surface area contributed by atoms with Crippen molar-refractivity contribution in [3.05, 3.63) is 77.2 Å². The summed E-state index contributed by atoms with van der Waals surface area (Å²) in [5.41, 5.74) is 3.60. The molecule has 0 saturated heterocycles. The van der Waals surface area contributed by atoms with E-state index in [0.29, 0.717) is 34.1 Å². The van der Waals surface area contributed by atoms with Gasteiger partial charge in [-0.1, -0.05) is 11.6 Å². The van der Waals surface area contributed by atoms with Crippen LogP contribution in [0.3, 0.4) is 0 Å². The number of amides is 1. The minimum Gasteiger partial charge on any atom is -0.352 e. The summed E-state index contributed by atoms with van der Waals surface area (Å²) in [6, 6.07) is 12.9. The maximum absolute atomic E-state index is 12.6. The average molecular weight is 378 g/mol. The first-order valence-electron chi connectivity index (χ1n) is 8.48. The molecule has 134 valence electrons. The van der Waals surface area contributed by atoms with E-state index in [1.807, 2.05) is 24.3 Å². The molecular weight excluding hydrogens is 362 g/mol. The van der Waals surface area contributed by atoms with Gasteiger partial charge in [0.25, 0.3) is 5.91 Å². The first kappa shape index (κ1) is 17.2. The normalized spacial score (nSPS) is 10.9. The van der Waals surface area contributed by atoms with Crippen molar-refractivity contribution in [2.24, 2.45) is 0 Å². The number of halogens is 1. The Morgan fingerprint density at radius 3 is 2.59 bits per heavy atom. The lowest BCUT2D eigenvalue weighted by atomic mass is 10.2. The van der Waals surface area contributed by atoms with Crippen LogP contribution in [0.2, 0.25) is 5.02 Å². The zero-order valence-electron chi connectivity index (χ0n) is 14.3. The molecule has 0 aliphatic heterocycles. The first-order valence-corrected chi connectivity index (χ1v) is 8.86. The SMILES string of the molecule is O=C(NCCc1ccncc1)c1ccnc2[nH]c(-c3ccc(Cl)cc3)nc12. The molecule has 0 saturated carbocycles. The highest BCUT2D eigenvalue weighted by Crippen LogP contribution is 2.23. The van der Waals surface area contributed by atoms with Crippen LogP contribution in [-0.4, -0.2) is 32.4 Å². The smallest absolute Gasteiger partial charge is 0.253 e. The maximum Gasteiger partial charge on any atom is 0.253 e. The second-order valence-electron chi connectivity index (χ2n) is 6.01. The molecule has 1 amide bonds. The van der Waals surface area contributed by atoms with Gasteiger partial charge in [-0.15, -0.1) is 0 Å². The molecule has 3 heterocycles. The monoisotopic (exact) mass is 377 g/mol. The molecule has 0 fully saturated rings. The molecule has 1 aromatic carbocycles. The number of fused-ring (bicyclic) bond motifs is 1. The van der Waals surface area contributed by atoms with Crippen molar-refractivity contribution < 1.29 is 4.79 Å². The lowest BCUT2D eigenvalue weighted by Crippen LogP contribution is -2.26. The number of aromatic amines is 1. The summed E-state index contributed by atoms with van der Waals surface area (Å²) in [4.78, 5) is 28.6. The van der Waals surface area contributed by atoms with Gasteiger partial charge in [-0.3, -0.25) is 9.78 Å². The Morgan fingerprint density at radius 2 is 1.81 bits per heavy atom. The molecule has 27 heavy (non-hydrogen) atoms. The van der Waals surface area contributed by atoms with Crippen LogP contribution in [0.15, 0.2) is 61.1 Å². The molecule has 3 aromatic heterocycles. The van der Waals surface area contributed by atoms with Crippen molar-refractivity contribution in [3.8, 4) is 11.4 Å². The number of hydrogen-bond donors (Lipinski definition) is 2. The zero-order valence-corrected chi connectivity index (χ0v) is 15.1. The van der Waals surface area contributed by atoms with Crippen molar-refractivity contribution in [1.82, 2.24) is 25.3 Å². The Kier molecular flexibility index (Phi) is 4.80. The van der Waals surface area contributed by atoms with E-state index in [1.165, 1.54) is 0 Å². The van der Waals surface area contributed by atoms with Gasteiger partial charge in [-0.05, 0) is 54.4 Å². The fourth-order valence-corrected chi connectivity index (χ4v) is 2.93. The second kappa shape index (κ2) is 7.55. The van der Waals surface area contributed by atoms with Crippen LogP contribution in [0.4, 0.5) is 0 Å². The topological polar surface area (TPSA) is 83.6 Å². The predicted molar refractivity (Wildman–Crippen MR) is 105 cm³/mol. The van der Waals surface area contributed by atoms with Gasteiger partial charge in [0.1, 0.15) is 11.3 Å². The minimum absolute atomic E-state index is 0.175. The molecule has 4 rings (SSSR count). The van der Waals surface area contributed by atoms with Crippen LogP contribution in [0.1, 0.15) is 15.9 Å². The third-order valence-corrected chi connectivity index (χ3v) is 4.45. The number of rotatable bonds is 5. The van der Waals surface area contributed by atoms with E-state index in [4.69, 9.17) is 11.6 Å². The standard InChI is InChI=1S/C20H16ClN5O/c21-15-3-1-14(2-4-15)18-25-17-16(8-12-23-19(17)26-18)20(27)24-11-7-13-5-9-22-10-6-13/h1-6,8-10,12H,7,11H2,(H,24,27)(H,23,25,26). The lowest BCUT2D eigenvalue weighted by molar-refractivity contribution is 0.0955.